The highest BCUT2D eigenvalue weighted by Gasteiger charge is 2.47. The van der Waals surface area contributed by atoms with Crippen molar-refractivity contribution in [2.24, 2.45) is 0 Å². The molecule has 4 rings (SSSR count). The number of H-pyrrole nitrogens is 1. The zero-order chi connectivity index (χ0) is 17.9. The Balaban J connectivity index is 1.50. The highest BCUT2D eigenvalue weighted by Crippen LogP contribution is 2.39. The quantitative estimate of drug-likeness (QED) is 0.790. The lowest BCUT2D eigenvalue weighted by atomic mass is 9.98. The van der Waals surface area contributed by atoms with Crippen molar-refractivity contribution in [1.82, 2.24) is 25.4 Å². The van der Waals surface area contributed by atoms with Crippen molar-refractivity contribution in [1.29, 1.82) is 0 Å². The molecule has 2 aliphatic rings. The van der Waals surface area contributed by atoms with Crippen molar-refractivity contribution < 1.29 is 14.3 Å². The maximum atomic E-state index is 12.8. The Kier molecular flexibility index (Phi) is 4.66. The minimum absolute atomic E-state index is 0.0636. The molecule has 1 saturated carbocycles. The molecule has 2 N–H and O–H groups in total. The molecule has 2 fully saturated rings. The van der Waals surface area contributed by atoms with Gasteiger partial charge in [0.1, 0.15) is 6.61 Å². The van der Waals surface area contributed by atoms with Gasteiger partial charge in [0.25, 0.3) is 5.91 Å². The second kappa shape index (κ2) is 7.25. The fraction of sp³-hybridized carbons (Fsp3) is 0.444. The molecule has 8 nitrogen and oxygen atoms in total. The highest BCUT2D eigenvalue weighted by molar-refractivity contribution is 5.86. The third-order valence-electron chi connectivity index (χ3n) is 4.74. The number of hydrogen-bond acceptors (Lipinski definition) is 5. The largest absolute Gasteiger partial charge is 0.356 e. The molecule has 0 radical (unpaired) electrons. The first-order valence-corrected chi connectivity index (χ1v) is 8.82. The van der Waals surface area contributed by atoms with Crippen LogP contribution in [0.5, 0.6) is 0 Å². The van der Waals surface area contributed by atoms with Gasteiger partial charge in [0.2, 0.25) is 5.91 Å². The second-order valence-corrected chi connectivity index (χ2v) is 6.62. The summed E-state index contributed by atoms with van der Waals surface area (Å²) in [4.78, 5) is 31.2. The van der Waals surface area contributed by atoms with Crippen molar-refractivity contribution in [3.63, 3.8) is 0 Å². The van der Waals surface area contributed by atoms with Crippen molar-refractivity contribution in [3.05, 3.63) is 48.0 Å². The summed E-state index contributed by atoms with van der Waals surface area (Å²) in [7, 11) is 0. The summed E-state index contributed by atoms with van der Waals surface area (Å²) in [6, 6.07) is 5.32. The number of nitrogens with zero attached hydrogens (tertiary/aromatic N) is 3. The average molecular weight is 355 g/mol. The normalized spacial score (nSPS) is 23.1. The lowest BCUT2D eigenvalue weighted by Gasteiger charge is -2.40. The number of carbonyl (C=O) groups excluding carboxylic acids is 2. The minimum atomic E-state index is -0.737. The average Bonchev–Trinajstić information content (AvgIpc) is 3.37. The monoisotopic (exact) mass is 355 g/mol. The van der Waals surface area contributed by atoms with Crippen molar-refractivity contribution >= 4 is 11.8 Å². The number of rotatable bonds is 6. The summed E-state index contributed by atoms with van der Waals surface area (Å²) >= 11 is 0. The van der Waals surface area contributed by atoms with E-state index < -0.39 is 12.1 Å². The van der Waals surface area contributed by atoms with Gasteiger partial charge in [-0.25, -0.2) is 0 Å². The van der Waals surface area contributed by atoms with E-state index in [0.29, 0.717) is 13.0 Å². The van der Waals surface area contributed by atoms with Crippen LogP contribution >= 0.6 is 0 Å². The van der Waals surface area contributed by atoms with Gasteiger partial charge in [-0.1, -0.05) is 6.07 Å². The van der Waals surface area contributed by atoms with Crippen LogP contribution < -0.4 is 5.32 Å². The Morgan fingerprint density at radius 1 is 1.35 bits per heavy atom. The van der Waals surface area contributed by atoms with Gasteiger partial charge in [0.15, 0.2) is 6.10 Å². The fourth-order valence-electron chi connectivity index (χ4n) is 3.36. The molecule has 8 heteroatoms. The molecule has 2 aromatic rings. The first-order chi connectivity index (χ1) is 12.7. The van der Waals surface area contributed by atoms with Gasteiger partial charge < -0.3 is 15.0 Å². The van der Waals surface area contributed by atoms with Crippen LogP contribution in [0.3, 0.4) is 0 Å². The summed E-state index contributed by atoms with van der Waals surface area (Å²) in [6.07, 6.45) is 6.91. The zero-order valence-electron chi connectivity index (χ0n) is 14.3. The topological polar surface area (TPSA) is 100 Å². The van der Waals surface area contributed by atoms with E-state index >= 15 is 0 Å². The van der Waals surface area contributed by atoms with Crippen LogP contribution in [0, 0.1) is 0 Å². The van der Waals surface area contributed by atoms with Gasteiger partial charge in [0, 0.05) is 43.3 Å². The molecule has 3 heterocycles. The molecule has 0 bridgehead atoms. The summed E-state index contributed by atoms with van der Waals surface area (Å²) in [5, 5.41) is 9.68. The van der Waals surface area contributed by atoms with Gasteiger partial charge in [-0.15, -0.1) is 0 Å². The number of aromatic nitrogens is 3. The number of pyridine rings is 1. The molecule has 1 aliphatic carbocycles. The molecule has 2 amide bonds. The molecule has 0 aromatic carbocycles. The molecule has 0 unspecified atom stereocenters. The SMILES string of the molecule is O=C(NCCc1ccn[nH]1)[C@H]1OCC(=O)N(C2CC2)[C@@H]1c1cccnc1. The first kappa shape index (κ1) is 16.7. The van der Waals surface area contributed by atoms with Crippen LogP contribution in [0.1, 0.15) is 30.1 Å². The number of nitrogens with one attached hydrogen (secondary N) is 2. The molecule has 1 saturated heterocycles. The number of morpholine rings is 1. The number of aromatic amines is 1. The smallest absolute Gasteiger partial charge is 0.251 e. The van der Waals surface area contributed by atoms with E-state index in [-0.39, 0.29) is 24.5 Å². The van der Waals surface area contributed by atoms with E-state index in [9.17, 15) is 9.59 Å². The fourth-order valence-corrected chi connectivity index (χ4v) is 3.36. The molecule has 1 aliphatic heterocycles. The number of hydrogen-bond donors (Lipinski definition) is 2. The van der Waals surface area contributed by atoms with E-state index in [1.54, 1.807) is 18.6 Å². The van der Waals surface area contributed by atoms with Crippen LogP contribution in [0.25, 0.3) is 0 Å². The van der Waals surface area contributed by atoms with Gasteiger partial charge in [0.05, 0.1) is 6.04 Å². The molecular weight excluding hydrogens is 334 g/mol. The molecule has 2 atom stereocenters. The number of carbonyl (C=O) groups is 2. The molecular formula is C18H21N5O3. The summed E-state index contributed by atoms with van der Waals surface area (Å²) < 4.78 is 5.66. The first-order valence-electron chi connectivity index (χ1n) is 8.82. The van der Waals surface area contributed by atoms with Gasteiger partial charge in [-0.05, 0) is 30.5 Å². The Morgan fingerprint density at radius 3 is 2.92 bits per heavy atom. The summed E-state index contributed by atoms with van der Waals surface area (Å²) in [5.74, 6) is -0.278. The molecule has 0 spiro atoms. The van der Waals surface area contributed by atoms with Crippen LogP contribution in [-0.2, 0) is 20.7 Å². The highest BCUT2D eigenvalue weighted by atomic mass is 16.5. The van der Waals surface area contributed by atoms with Crippen molar-refractivity contribution in [2.45, 2.75) is 37.5 Å². The Labute approximate surface area is 150 Å². The zero-order valence-corrected chi connectivity index (χ0v) is 14.3. The third-order valence-corrected chi connectivity index (χ3v) is 4.74. The Morgan fingerprint density at radius 2 is 2.23 bits per heavy atom. The predicted molar refractivity (Wildman–Crippen MR) is 91.9 cm³/mol. The van der Waals surface area contributed by atoms with E-state index in [0.717, 1.165) is 24.1 Å². The van der Waals surface area contributed by atoms with Gasteiger partial charge in [-0.3, -0.25) is 19.7 Å². The maximum Gasteiger partial charge on any atom is 0.251 e. The second-order valence-electron chi connectivity index (χ2n) is 6.62. The van der Waals surface area contributed by atoms with Crippen LogP contribution in [-0.4, -0.2) is 57.2 Å². The minimum Gasteiger partial charge on any atom is -0.356 e. The molecule has 2 aromatic heterocycles. The number of amides is 2. The van der Waals surface area contributed by atoms with Gasteiger partial charge in [-0.2, -0.15) is 5.10 Å². The van der Waals surface area contributed by atoms with Crippen molar-refractivity contribution in [3.8, 4) is 0 Å². The van der Waals surface area contributed by atoms with E-state index in [2.05, 4.69) is 20.5 Å². The summed E-state index contributed by atoms with van der Waals surface area (Å²) in [6.45, 7) is 0.407. The third kappa shape index (κ3) is 3.45. The van der Waals surface area contributed by atoms with Gasteiger partial charge >= 0.3 is 0 Å². The predicted octanol–water partition coefficient (Wildman–Crippen LogP) is 0.594. The van der Waals surface area contributed by atoms with Crippen molar-refractivity contribution in [2.75, 3.05) is 13.2 Å². The maximum absolute atomic E-state index is 12.8. The standard InChI is InChI=1S/C18H21N5O3/c24-15-11-26-17(18(25)20-8-5-13-6-9-21-22-13)16(23(15)14-3-4-14)12-2-1-7-19-10-12/h1-2,6-7,9-10,14,16-17H,3-5,8,11H2,(H,20,25)(H,21,22)/t16-,17+/m1/s1. The van der Waals surface area contributed by atoms with Crippen LogP contribution in [0.4, 0.5) is 0 Å². The Hall–Kier alpha value is -2.74. The molecule has 26 heavy (non-hydrogen) atoms. The number of ether oxygens (including phenoxy) is 1. The molecule has 136 valence electrons. The van der Waals surface area contributed by atoms with Crippen LogP contribution in [0.15, 0.2) is 36.8 Å². The summed E-state index contributed by atoms with van der Waals surface area (Å²) in [5.41, 5.74) is 1.77. The lowest BCUT2D eigenvalue weighted by Crippen LogP contribution is -2.55. The Bertz CT molecular complexity index is 760. The lowest BCUT2D eigenvalue weighted by molar-refractivity contribution is -0.165. The van der Waals surface area contributed by atoms with E-state index in [4.69, 9.17) is 4.74 Å². The van der Waals surface area contributed by atoms with E-state index in [1.165, 1.54) is 0 Å². The van der Waals surface area contributed by atoms with E-state index in [1.807, 2.05) is 23.1 Å². The van der Waals surface area contributed by atoms with Crippen LogP contribution in [0.2, 0.25) is 0 Å².